The predicted octanol–water partition coefficient (Wildman–Crippen LogP) is 1.06. The summed E-state index contributed by atoms with van der Waals surface area (Å²) in [5, 5.41) is 10.1. The first-order valence-electron chi connectivity index (χ1n) is 8.01. The number of piperidine rings is 1. The van der Waals surface area contributed by atoms with Crippen LogP contribution >= 0.6 is 0 Å². The molecule has 6 nitrogen and oxygen atoms in total. The zero-order valence-electron chi connectivity index (χ0n) is 13.4. The predicted molar refractivity (Wildman–Crippen MR) is 89.3 cm³/mol. The van der Waals surface area contributed by atoms with Crippen molar-refractivity contribution in [3.05, 3.63) is 59.4 Å². The third kappa shape index (κ3) is 3.33. The number of hydrogen-bond donors (Lipinski definition) is 3. The average molecular weight is 327 g/mol. The molecule has 0 radical (unpaired) electrons. The van der Waals surface area contributed by atoms with Gasteiger partial charge in [-0.1, -0.05) is 30.3 Å². The van der Waals surface area contributed by atoms with Gasteiger partial charge in [-0.25, -0.2) is 0 Å². The van der Waals surface area contributed by atoms with Gasteiger partial charge in [0.05, 0.1) is 0 Å². The third-order valence-electron chi connectivity index (χ3n) is 4.55. The first kappa shape index (κ1) is 16.3. The minimum Gasteiger partial charge on any atom is -0.380 e. The summed E-state index contributed by atoms with van der Waals surface area (Å²) in [6.07, 6.45) is 1.08. The van der Waals surface area contributed by atoms with E-state index in [9.17, 15) is 14.7 Å². The van der Waals surface area contributed by atoms with Gasteiger partial charge < -0.3 is 20.7 Å². The lowest BCUT2D eigenvalue weighted by atomic mass is 9.91. The summed E-state index contributed by atoms with van der Waals surface area (Å²) in [7, 11) is 0. The molecule has 0 atom stereocenters. The summed E-state index contributed by atoms with van der Waals surface area (Å²) in [6.45, 7) is 0.622. The van der Waals surface area contributed by atoms with Crippen molar-refractivity contribution in [2.75, 3.05) is 13.1 Å². The largest absolute Gasteiger partial charge is 0.380 e. The van der Waals surface area contributed by atoms with Gasteiger partial charge in [-0.15, -0.1) is 0 Å². The van der Waals surface area contributed by atoms with Gasteiger partial charge in [0.1, 0.15) is 11.3 Å². The molecule has 2 amide bonds. The Kier molecular flexibility index (Phi) is 4.40. The van der Waals surface area contributed by atoms with Gasteiger partial charge in [0.15, 0.2) is 0 Å². The second-order valence-electron chi connectivity index (χ2n) is 6.25. The molecule has 1 aromatic carbocycles. The molecule has 1 aromatic heterocycles. The number of nitrogens with one attached hydrogen (secondary N) is 1. The maximum absolute atomic E-state index is 12.5. The molecule has 0 spiro atoms. The number of carbonyl (C=O) groups excluding carboxylic acids is 2. The summed E-state index contributed by atoms with van der Waals surface area (Å²) >= 11 is 0. The van der Waals surface area contributed by atoms with Crippen molar-refractivity contribution in [2.24, 2.45) is 5.73 Å². The monoisotopic (exact) mass is 327 g/mol. The smallest absolute Gasteiger partial charge is 0.270 e. The van der Waals surface area contributed by atoms with Crippen molar-refractivity contribution in [2.45, 2.75) is 24.9 Å². The molecule has 126 valence electrons. The number of aromatic nitrogens is 1. The summed E-state index contributed by atoms with van der Waals surface area (Å²) in [5.74, 6) is -0.847. The lowest BCUT2D eigenvalue weighted by Gasteiger charge is -2.35. The summed E-state index contributed by atoms with van der Waals surface area (Å²) in [6, 6.07) is 13.7. The van der Waals surface area contributed by atoms with Crippen LogP contribution in [0.5, 0.6) is 0 Å². The van der Waals surface area contributed by atoms with E-state index in [-0.39, 0.29) is 18.7 Å². The molecular weight excluding hydrogens is 306 g/mol. The van der Waals surface area contributed by atoms with Crippen molar-refractivity contribution in [1.82, 2.24) is 9.88 Å². The van der Waals surface area contributed by atoms with Crippen molar-refractivity contribution in [1.29, 1.82) is 0 Å². The number of hydrogen-bond acceptors (Lipinski definition) is 3. The highest BCUT2D eigenvalue weighted by Gasteiger charge is 2.39. The number of carbonyl (C=O) groups is 2. The molecule has 4 N–H and O–H groups in total. The van der Waals surface area contributed by atoms with E-state index in [1.807, 2.05) is 36.4 Å². The van der Waals surface area contributed by atoms with Crippen LogP contribution in [0.15, 0.2) is 42.5 Å². The molecule has 0 unspecified atom stereocenters. The maximum Gasteiger partial charge on any atom is 0.270 e. The maximum atomic E-state index is 12.5. The Balaban J connectivity index is 1.63. The molecule has 1 fully saturated rings. The molecule has 3 rings (SSSR count). The molecule has 6 heteroatoms. The van der Waals surface area contributed by atoms with Crippen LogP contribution in [0, 0.1) is 0 Å². The molecule has 0 saturated carbocycles. The summed E-state index contributed by atoms with van der Waals surface area (Å²) < 4.78 is 0. The summed E-state index contributed by atoms with van der Waals surface area (Å²) in [5.41, 5.74) is 6.37. The number of amides is 2. The fraction of sp³-hybridized carbons (Fsp3) is 0.333. The van der Waals surface area contributed by atoms with E-state index in [1.165, 1.54) is 5.56 Å². The van der Waals surface area contributed by atoms with E-state index in [2.05, 4.69) is 4.98 Å². The number of benzene rings is 1. The zero-order chi connectivity index (χ0) is 17.2. The van der Waals surface area contributed by atoms with Crippen LogP contribution in [0.1, 0.15) is 34.6 Å². The Labute approximate surface area is 140 Å². The number of aliphatic hydroxyl groups is 1. The zero-order valence-corrected chi connectivity index (χ0v) is 13.4. The lowest BCUT2D eigenvalue weighted by Crippen LogP contribution is -2.53. The molecule has 0 bridgehead atoms. The van der Waals surface area contributed by atoms with Crippen molar-refractivity contribution in [3.8, 4) is 0 Å². The lowest BCUT2D eigenvalue weighted by molar-refractivity contribution is -0.140. The van der Waals surface area contributed by atoms with Crippen LogP contribution in [0.25, 0.3) is 0 Å². The van der Waals surface area contributed by atoms with E-state index in [4.69, 9.17) is 5.73 Å². The quantitative estimate of drug-likeness (QED) is 0.783. The van der Waals surface area contributed by atoms with Gasteiger partial charge in [-0.2, -0.15) is 0 Å². The van der Waals surface area contributed by atoms with E-state index in [1.54, 1.807) is 11.0 Å². The summed E-state index contributed by atoms with van der Waals surface area (Å²) in [4.78, 5) is 28.6. The molecule has 2 aromatic rings. The van der Waals surface area contributed by atoms with Gasteiger partial charge in [-0.05, 0) is 17.7 Å². The van der Waals surface area contributed by atoms with Crippen LogP contribution in [0.3, 0.4) is 0 Å². The molecule has 1 aliphatic rings. The van der Waals surface area contributed by atoms with Gasteiger partial charge >= 0.3 is 0 Å². The molecule has 1 aliphatic heterocycles. The number of aromatic amines is 1. The van der Waals surface area contributed by atoms with E-state index in [0.717, 1.165) is 12.1 Å². The third-order valence-corrected chi connectivity index (χ3v) is 4.55. The number of likely N-dealkylation sites (tertiary alicyclic amines) is 1. The van der Waals surface area contributed by atoms with Crippen LogP contribution in [-0.4, -0.2) is 45.5 Å². The highest BCUT2D eigenvalue weighted by atomic mass is 16.3. The number of primary amides is 1. The van der Waals surface area contributed by atoms with E-state index < -0.39 is 11.5 Å². The topological polar surface area (TPSA) is 99.4 Å². The van der Waals surface area contributed by atoms with Gasteiger partial charge in [0.2, 0.25) is 5.91 Å². The number of H-pyrrole nitrogens is 1. The second kappa shape index (κ2) is 6.49. The van der Waals surface area contributed by atoms with Crippen LogP contribution in [0.2, 0.25) is 0 Å². The molecule has 2 heterocycles. The van der Waals surface area contributed by atoms with Crippen LogP contribution in [0.4, 0.5) is 0 Å². The average Bonchev–Trinajstić information content (AvgIpc) is 3.04. The van der Waals surface area contributed by atoms with E-state index in [0.29, 0.717) is 18.8 Å². The van der Waals surface area contributed by atoms with Crippen molar-refractivity contribution >= 4 is 11.8 Å². The van der Waals surface area contributed by atoms with Gasteiger partial charge in [0, 0.05) is 38.0 Å². The highest BCUT2D eigenvalue weighted by Crippen LogP contribution is 2.23. The second-order valence-corrected chi connectivity index (χ2v) is 6.25. The first-order valence-corrected chi connectivity index (χ1v) is 8.01. The number of nitrogens with two attached hydrogens (primary N) is 1. The van der Waals surface area contributed by atoms with Gasteiger partial charge in [-0.3, -0.25) is 9.59 Å². The Bertz CT molecular complexity index is 731. The van der Waals surface area contributed by atoms with Gasteiger partial charge in [0.25, 0.3) is 5.91 Å². The Morgan fingerprint density at radius 2 is 1.79 bits per heavy atom. The standard InChI is InChI=1S/C18H21N3O3/c19-17(23)18(24)8-10-21(11-9-18)16(22)15-7-6-14(20-15)12-13-4-2-1-3-5-13/h1-7,20,24H,8-12H2,(H2,19,23). The molecular formula is C18H21N3O3. The molecule has 24 heavy (non-hydrogen) atoms. The van der Waals surface area contributed by atoms with Crippen molar-refractivity contribution < 1.29 is 14.7 Å². The fourth-order valence-electron chi connectivity index (χ4n) is 2.98. The van der Waals surface area contributed by atoms with Crippen LogP contribution in [-0.2, 0) is 11.2 Å². The first-order chi connectivity index (χ1) is 11.5. The molecule has 0 aliphatic carbocycles. The molecule has 1 saturated heterocycles. The SMILES string of the molecule is NC(=O)C1(O)CCN(C(=O)c2ccc(Cc3ccccc3)[nH]2)CC1. The minimum atomic E-state index is -1.50. The number of rotatable bonds is 4. The fourth-order valence-corrected chi connectivity index (χ4v) is 2.98. The highest BCUT2D eigenvalue weighted by molar-refractivity contribution is 5.93. The Hall–Kier alpha value is -2.60. The van der Waals surface area contributed by atoms with Crippen molar-refractivity contribution in [3.63, 3.8) is 0 Å². The number of nitrogens with zero attached hydrogens (tertiary/aromatic N) is 1. The Morgan fingerprint density at radius 3 is 2.42 bits per heavy atom. The minimum absolute atomic E-state index is 0.124. The normalized spacial score (nSPS) is 16.8. The Morgan fingerprint density at radius 1 is 1.12 bits per heavy atom. The van der Waals surface area contributed by atoms with Crippen LogP contribution < -0.4 is 5.73 Å². The van der Waals surface area contributed by atoms with E-state index >= 15 is 0 Å².